The molecule has 0 aliphatic carbocycles. The summed E-state index contributed by atoms with van der Waals surface area (Å²) < 4.78 is 16.2. The summed E-state index contributed by atoms with van der Waals surface area (Å²) in [5.74, 6) is -1.60. The van der Waals surface area contributed by atoms with Crippen molar-refractivity contribution >= 4 is 11.9 Å². The van der Waals surface area contributed by atoms with E-state index in [1.165, 1.54) is 193 Å². The molecule has 54 heavy (non-hydrogen) atoms. The number of hydrogen-bond donors (Lipinski definition) is 2. The molecule has 0 aromatic carbocycles. The van der Waals surface area contributed by atoms with E-state index in [-0.39, 0.29) is 25.8 Å². The Hall–Kier alpha value is -1.22. The molecule has 0 heterocycles. The highest BCUT2D eigenvalue weighted by molar-refractivity contribution is 5.70. The summed E-state index contributed by atoms with van der Waals surface area (Å²) in [5, 5.41) is 19.3. The van der Waals surface area contributed by atoms with Gasteiger partial charge in [-0.15, -0.1) is 0 Å². The van der Waals surface area contributed by atoms with Crippen molar-refractivity contribution in [1.82, 2.24) is 0 Å². The largest absolute Gasteiger partial charge is 0.477 e. The number of quaternary nitrogens is 1. The highest BCUT2D eigenvalue weighted by Gasteiger charge is 2.22. The first-order valence-corrected chi connectivity index (χ1v) is 23.3. The maximum absolute atomic E-state index is 12.0. The predicted octanol–water partition coefficient (Wildman–Crippen LogP) is 12.3. The zero-order valence-electron chi connectivity index (χ0n) is 36.4. The Morgan fingerprint density at radius 2 is 0.796 bits per heavy atom. The number of carbonyl (C=O) groups is 2. The van der Waals surface area contributed by atoms with Crippen LogP contribution in [0.3, 0.4) is 0 Å². The third-order valence-corrected chi connectivity index (χ3v) is 10.6. The molecule has 8 heteroatoms. The third kappa shape index (κ3) is 41.9. The Morgan fingerprint density at radius 3 is 1.09 bits per heavy atom. The van der Waals surface area contributed by atoms with Crippen LogP contribution in [-0.2, 0) is 23.8 Å². The number of rotatable bonds is 44. The number of unbranched alkanes of at least 4 members (excludes halogenated alkanes) is 32. The van der Waals surface area contributed by atoms with E-state index in [0.717, 1.165) is 19.3 Å². The first kappa shape index (κ1) is 52.8. The fraction of sp³-hybridized carbons (Fsp3) is 0.957. The van der Waals surface area contributed by atoms with E-state index in [1.54, 1.807) is 0 Å². The van der Waals surface area contributed by atoms with Crippen molar-refractivity contribution in [3.63, 3.8) is 0 Å². The molecule has 2 N–H and O–H groups in total. The number of carboxylic acids is 1. The summed E-state index contributed by atoms with van der Waals surface area (Å²) in [7, 11) is 5.93. The van der Waals surface area contributed by atoms with Gasteiger partial charge in [-0.1, -0.05) is 212 Å². The van der Waals surface area contributed by atoms with Crippen LogP contribution in [0.1, 0.15) is 225 Å². The van der Waals surface area contributed by atoms with Crippen LogP contribution in [0.25, 0.3) is 0 Å². The van der Waals surface area contributed by atoms with Crippen molar-refractivity contribution in [2.75, 3.05) is 47.5 Å². The van der Waals surface area contributed by atoms with Gasteiger partial charge >= 0.3 is 11.9 Å². The molecule has 2 atom stereocenters. The maximum atomic E-state index is 12.0. The van der Waals surface area contributed by atoms with Gasteiger partial charge in [0.2, 0.25) is 0 Å². The van der Waals surface area contributed by atoms with Crippen LogP contribution in [0.4, 0.5) is 0 Å². The lowest BCUT2D eigenvalue weighted by atomic mass is 10.0. The van der Waals surface area contributed by atoms with Crippen LogP contribution in [-0.4, -0.2) is 86.5 Å². The lowest BCUT2D eigenvalue weighted by Crippen LogP contribution is -2.40. The van der Waals surface area contributed by atoms with Crippen LogP contribution in [0.2, 0.25) is 0 Å². The lowest BCUT2D eigenvalue weighted by Gasteiger charge is -2.24. The predicted molar refractivity (Wildman–Crippen MR) is 226 cm³/mol. The van der Waals surface area contributed by atoms with E-state index in [0.29, 0.717) is 17.4 Å². The fourth-order valence-electron chi connectivity index (χ4n) is 6.95. The summed E-state index contributed by atoms with van der Waals surface area (Å²) >= 11 is 0. The molecule has 0 amide bonds. The number of esters is 1. The molecule has 0 spiro atoms. The Morgan fingerprint density at radius 1 is 0.481 bits per heavy atom. The minimum atomic E-state index is -1.46. The topological polar surface area (TPSA) is 102 Å². The van der Waals surface area contributed by atoms with Crippen molar-refractivity contribution in [3.05, 3.63) is 0 Å². The first-order valence-electron chi connectivity index (χ1n) is 23.3. The zero-order chi connectivity index (χ0) is 39.8. The van der Waals surface area contributed by atoms with Gasteiger partial charge in [-0.3, -0.25) is 4.79 Å². The Bertz CT molecular complexity index is 802. The highest BCUT2D eigenvalue weighted by Crippen LogP contribution is 2.17. The monoisotopic (exact) mass is 771 g/mol. The smallest absolute Gasteiger partial charge is 0.361 e. The van der Waals surface area contributed by atoms with Crippen molar-refractivity contribution in [2.45, 2.75) is 238 Å². The zero-order valence-corrected chi connectivity index (χ0v) is 36.4. The van der Waals surface area contributed by atoms with E-state index in [4.69, 9.17) is 14.2 Å². The van der Waals surface area contributed by atoms with Crippen LogP contribution in [0.15, 0.2) is 0 Å². The molecule has 0 radical (unpaired) electrons. The van der Waals surface area contributed by atoms with Crippen molar-refractivity contribution in [3.8, 4) is 0 Å². The van der Waals surface area contributed by atoms with Crippen molar-refractivity contribution < 1.29 is 38.5 Å². The van der Waals surface area contributed by atoms with E-state index in [2.05, 4.69) is 6.92 Å². The minimum Gasteiger partial charge on any atom is -0.477 e. The number of nitrogens with zero attached hydrogens (tertiary/aromatic N) is 1. The molecular weight excluding hydrogens is 679 g/mol. The Kier molecular flexibility index (Phi) is 39.1. The number of carbonyl (C=O) groups excluding carboxylic acids is 1. The van der Waals surface area contributed by atoms with Gasteiger partial charge in [-0.05, 0) is 6.42 Å². The molecule has 0 aliphatic heterocycles. The molecule has 0 bridgehead atoms. The van der Waals surface area contributed by atoms with Gasteiger partial charge in [-0.2, -0.15) is 0 Å². The third-order valence-electron chi connectivity index (χ3n) is 10.6. The lowest BCUT2D eigenvalue weighted by molar-refractivity contribution is -0.870. The second-order valence-corrected chi connectivity index (χ2v) is 17.3. The number of likely N-dealkylation sites (N-methyl/N-ethyl adjacent to an activating group) is 1. The second-order valence-electron chi connectivity index (χ2n) is 17.3. The number of aliphatic hydroxyl groups is 1. The van der Waals surface area contributed by atoms with Gasteiger partial charge in [0.25, 0.3) is 6.29 Å². The standard InChI is InChI=1S/C46H91NO7/c1-5-6-7-8-9-10-11-12-13-14-15-16-17-18-19-20-21-22-23-24-25-26-27-28-29-30-31-32-33-34-35-36-37-38-44(49)53-41-43(48)42-54-46(45(50)51)52-40-39-47(2,3)4/h43,46,48H,5-42H2,1-4H3/p+1. The highest BCUT2D eigenvalue weighted by atomic mass is 16.7. The second kappa shape index (κ2) is 40.0. The molecule has 0 saturated heterocycles. The maximum Gasteiger partial charge on any atom is 0.361 e. The molecular formula is C46H92NO7+. The van der Waals surface area contributed by atoms with Crippen LogP contribution < -0.4 is 0 Å². The summed E-state index contributed by atoms with van der Waals surface area (Å²) in [6, 6.07) is 0. The molecule has 2 unspecified atom stereocenters. The van der Waals surface area contributed by atoms with Crippen LogP contribution in [0.5, 0.6) is 0 Å². The van der Waals surface area contributed by atoms with Gasteiger partial charge in [0.05, 0.1) is 34.4 Å². The number of hydrogen-bond acceptors (Lipinski definition) is 6. The quantitative estimate of drug-likeness (QED) is 0.0275. The molecule has 0 aliphatic rings. The number of carboxylic acid groups (broad SMARTS) is 1. The van der Waals surface area contributed by atoms with Gasteiger partial charge in [0.15, 0.2) is 0 Å². The Labute approximate surface area is 334 Å². The van der Waals surface area contributed by atoms with Gasteiger partial charge in [0.1, 0.15) is 19.3 Å². The molecule has 0 saturated carbocycles. The minimum absolute atomic E-state index is 0.214. The SMILES string of the molecule is CCCCCCCCCCCCCCCCCCCCCCCCCCCCCCCCCCCC(=O)OCC(O)COC(OCC[N+](C)(C)C)C(=O)O. The number of ether oxygens (including phenoxy) is 3. The van der Waals surface area contributed by atoms with E-state index >= 15 is 0 Å². The number of aliphatic hydroxyl groups excluding tert-OH is 1. The van der Waals surface area contributed by atoms with Crippen molar-refractivity contribution in [2.24, 2.45) is 0 Å². The molecule has 0 aromatic heterocycles. The first-order chi connectivity index (χ1) is 26.2. The normalized spacial score (nSPS) is 13.0. The van der Waals surface area contributed by atoms with Crippen LogP contribution in [0, 0.1) is 0 Å². The van der Waals surface area contributed by atoms with E-state index in [1.807, 2.05) is 21.1 Å². The summed E-state index contributed by atoms with van der Waals surface area (Å²) in [4.78, 5) is 23.3. The summed E-state index contributed by atoms with van der Waals surface area (Å²) in [5.41, 5.74) is 0. The molecule has 8 nitrogen and oxygen atoms in total. The number of aliphatic carboxylic acids is 1. The summed E-state index contributed by atoms with van der Waals surface area (Å²) in [6.45, 7) is 2.63. The van der Waals surface area contributed by atoms with Gasteiger partial charge < -0.3 is 28.9 Å². The van der Waals surface area contributed by atoms with E-state index in [9.17, 15) is 19.8 Å². The summed E-state index contributed by atoms with van der Waals surface area (Å²) in [6.07, 6.45) is 43.3. The van der Waals surface area contributed by atoms with Gasteiger partial charge in [0, 0.05) is 6.42 Å². The van der Waals surface area contributed by atoms with Crippen molar-refractivity contribution in [1.29, 1.82) is 0 Å². The molecule has 0 aromatic rings. The molecule has 0 rings (SSSR count). The molecule has 322 valence electrons. The van der Waals surface area contributed by atoms with E-state index < -0.39 is 18.4 Å². The van der Waals surface area contributed by atoms with Crippen LogP contribution >= 0.6 is 0 Å². The average Bonchev–Trinajstić information content (AvgIpc) is 3.13. The Balaban J connectivity index is 3.33. The average molecular weight is 771 g/mol. The fourth-order valence-corrected chi connectivity index (χ4v) is 6.95. The molecule has 0 fully saturated rings. The van der Waals surface area contributed by atoms with Gasteiger partial charge in [-0.25, -0.2) is 4.79 Å².